The number of hydrogen-bond acceptors (Lipinski definition) is 4. The van der Waals surface area contributed by atoms with Crippen LogP contribution in [-0.4, -0.2) is 20.8 Å². The molecule has 1 atom stereocenters. The summed E-state index contributed by atoms with van der Waals surface area (Å²) >= 11 is 1.61. The second kappa shape index (κ2) is 7.22. The molecule has 0 aliphatic heterocycles. The Balaban J connectivity index is 1.99. The lowest BCUT2D eigenvalue weighted by atomic mass is 10.0. The van der Waals surface area contributed by atoms with Crippen LogP contribution in [0.2, 0.25) is 0 Å². The van der Waals surface area contributed by atoms with E-state index in [-0.39, 0.29) is 11.7 Å². The molecule has 1 heterocycles. The highest BCUT2D eigenvalue weighted by atomic mass is 35.7. The van der Waals surface area contributed by atoms with Gasteiger partial charge in [-0.15, -0.1) is 11.3 Å². The highest BCUT2D eigenvalue weighted by Crippen LogP contribution is 2.21. The Kier molecular flexibility index (Phi) is 5.60. The van der Waals surface area contributed by atoms with Gasteiger partial charge in [0.25, 0.3) is 0 Å². The molecule has 0 aliphatic rings. The molecule has 0 fully saturated rings. The van der Waals surface area contributed by atoms with Gasteiger partial charge in [0.2, 0.25) is 9.05 Å². The predicted molar refractivity (Wildman–Crippen MR) is 82.8 cm³/mol. The Morgan fingerprint density at radius 3 is 2.50 bits per heavy atom. The molecule has 2 rings (SSSR count). The van der Waals surface area contributed by atoms with Gasteiger partial charge in [-0.2, -0.15) is 0 Å². The smallest absolute Gasteiger partial charge is 0.233 e. The molecule has 1 unspecified atom stereocenters. The standard InChI is InChI=1S/C14H15ClO3S2/c15-20(16,17)11-13(12-5-2-1-3-6-12)9-18-10-14-7-4-8-19-14/h1-8,13H,9-11H2. The lowest BCUT2D eigenvalue weighted by Crippen LogP contribution is -2.16. The number of rotatable bonds is 7. The van der Waals surface area contributed by atoms with E-state index < -0.39 is 9.05 Å². The lowest BCUT2D eigenvalue weighted by molar-refractivity contribution is 0.113. The van der Waals surface area contributed by atoms with E-state index in [4.69, 9.17) is 15.4 Å². The Bertz CT molecular complexity index is 609. The molecular weight excluding hydrogens is 316 g/mol. The van der Waals surface area contributed by atoms with Gasteiger partial charge >= 0.3 is 0 Å². The number of halogens is 1. The van der Waals surface area contributed by atoms with Crippen molar-refractivity contribution in [2.24, 2.45) is 0 Å². The van der Waals surface area contributed by atoms with E-state index in [1.807, 2.05) is 47.8 Å². The van der Waals surface area contributed by atoms with E-state index in [1.54, 1.807) is 11.3 Å². The molecule has 0 radical (unpaired) electrons. The Morgan fingerprint density at radius 2 is 1.90 bits per heavy atom. The predicted octanol–water partition coefficient (Wildman–Crippen LogP) is 3.62. The number of hydrogen-bond donors (Lipinski definition) is 0. The molecule has 0 N–H and O–H groups in total. The van der Waals surface area contributed by atoms with Crippen molar-refractivity contribution in [2.75, 3.05) is 12.4 Å². The molecule has 0 aliphatic carbocycles. The summed E-state index contributed by atoms with van der Waals surface area (Å²) < 4.78 is 28.3. The van der Waals surface area contributed by atoms with Crippen molar-refractivity contribution in [3.05, 3.63) is 58.3 Å². The first-order valence-corrected chi connectivity index (χ1v) is 9.48. The van der Waals surface area contributed by atoms with Crippen molar-refractivity contribution in [2.45, 2.75) is 12.5 Å². The Hall–Kier alpha value is -0.880. The van der Waals surface area contributed by atoms with Crippen molar-refractivity contribution >= 4 is 31.1 Å². The summed E-state index contributed by atoms with van der Waals surface area (Å²) in [5.74, 6) is -0.373. The van der Waals surface area contributed by atoms with Gasteiger partial charge in [0.15, 0.2) is 0 Å². The quantitative estimate of drug-likeness (QED) is 0.728. The molecule has 0 saturated heterocycles. The summed E-state index contributed by atoms with van der Waals surface area (Å²) in [4.78, 5) is 1.12. The fourth-order valence-corrected chi connectivity index (χ4v) is 3.77. The first kappa shape index (κ1) is 15.5. The minimum absolute atomic E-state index is 0.122. The van der Waals surface area contributed by atoms with E-state index in [0.29, 0.717) is 13.2 Å². The molecule has 0 spiro atoms. The summed E-state index contributed by atoms with van der Waals surface area (Å²) in [6, 6.07) is 13.4. The highest BCUT2D eigenvalue weighted by Gasteiger charge is 2.19. The fraction of sp³-hybridized carbons (Fsp3) is 0.286. The third kappa shape index (κ3) is 5.25. The van der Waals surface area contributed by atoms with Crippen LogP contribution in [-0.2, 0) is 20.4 Å². The molecule has 0 saturated carbocycles. The van der Waals surface area contributed by atoms with Gasteiger partial charge in [-0.25, -0.2) is 8.42 Å². The van der Waals surface area contributed by atoms with E-state index in [9.17, 15) is 8.42 Å². The van der Waals surface area contributed by atoms with Crippen LogP contribution in [0.5, 0.6) is 0 Å². The van der Waals surface area contributed by atoms with E-state index >= 15 is 0 Å². The maximum atomic E-state index is 11.3. The van der Waals surface area contributed by atoms with Gasteiger partial charge in [0.05, 0.1) is 19.0 Å². The SMILES string of the molecule is O=S(=O)(Cl)CC(COCc1cccs1)c1ccccc1. The minimum Gasteiger partial charge on any atom is -0.375 e. The molecule has 0 amide bonds. The van der Waals surface area contributed by atoms with Crippen LogP contribution in [0.15, 0.2) is 47.8 Å². The normalized spacial score (nSPS) is 13.2. The third-order valence-corrected chi connectivity index (χ3v) is 4.84. The second-order valence-electron chi connectivity index (χ2n) is 4.41. The van der Waals surface area contributed by atoms with E-state index in [0.717, 1.165) is 10.4 Å². The average molecular weight is 331 g/mol. The second-order valence-corrected chi connectivity index (χ2v) is 8.26. The molecular formula is C14H15ClO3S2. The molecule has 108 valence electrons. The summed E-state index contributed by atoms with van der Waals surface area (Å²) in [5, 5.41) is 1.98. The lowest BCUT2D eigenvalue weighted by Gasteiger charge is -2.15. The van der Waals surface area contributed by atoms with Crippen molar-refractivity contribution in [1.82, 2.24) is 0 Å². The van der Waals surface area contributed by atoms with Crippen molar-refractivity contribution in [1.29, 1.82) is 0 Å². The number of ether oxygens (including phenoxy) is 1. The average Bonchev–Trinajstić information content (AvgIpc) is 2.90. The highest BCUT2D eigenvalue weighted by molar-refractivity contribution is 8.13. The van der Waals surface area contributed by atoms with Crippen molar-refractivity contribution in [3.63, 3.8) is 0 Å². The van der Waals surface area contributed by atoms with E-state index in [1.165, 1.54) is 0 Å². The maximum absolute atomic E-state index is 11.3. The maximum Gasteiger partial charge on any atom is 0.233 e. The topological polar surface area (TPSA) is 43.4 Å². The van der Waals surface area contributed by atoms with Crippen molar-refractivity contribution in [3.8, 4) is 0 Å². The van der Waals surface area contributed by atoms with Crippen LogP contribution in [0, 0.1) is 0 Å². The zero-order chi connectivity index (χ0) is 14.4. The van der Waals surface area contributed by atoms with Crippen LogP contribution >= 0.6 is 22.0 Å². The fourth-order valence-electron chi connectivity index (χ4n) is 1.90. The largest absolute Gasteiger partial charge is 0.375 e. The first-order valence-electron chi connectivity index (χ1n) is 6.12. The Morgan fingerprint density at radius 1 is 1.15 bits per heavy atom. The van der Waals surface area contributed by atoms with Gasteiger partial charge in [0.1, 0.15) is 0 Å². The first-order chi connectivity index (χ1) is 9.54. The van der Waals surface area contributed by atoms with Crippen LogP contribution in [0.1, 0.15) is 16.4 Å². The summed E-state index contributed by atoms with van der Waals surface area (Å²) in [7, 11) is 1.81. The van der Waals surface area contributed by atoms with E-state index in [2.05, 4.69) is 0 Å². The van der Waals surface area contributed by atoms with Gasteiger partial charge in [-0.05, 0) is 17.0 Å². The minimum atomic E-state index is -3.56. The van der Waals surface area contributed by atoms with Gasteiger partial charge < -0.3 is 4.74 Å². The van der Waals surface area contributed by atoms with Crippen LogP contribution in [0.4, 0.5) is 0 Å². The number of benzene rings is 1. The monoisotopic (exact) mass is 330 g/mol. The third-order valence-electron chi connectivity index (χ3n) is 2.81. The summed E-state index contributed by atoms with van der Waals surface area (Å²) in [5.41, 5.74) is 0.919. The van der Waals surface area contributed by atoms with Gasteiger partial charge in [-0.1, -0.05) is 36.4 Å². The summed E-state index contributed by atoms with van der Waals surface area (Å²) in [6.07, 6.45) is 0. The summed E-state index contributed by atoms with van der Waals surface area (Å²) in [6.45, 7) is 0.817. The molecule has 6 heteroatoms. The molecule has 1 aromatic carbocycles. The van der Waals surface area contributed by atoms with Crippen LogP contribution < -0.4 is 0 Å². The van der Waals surface area contributed by atoms with Crippen molar-refractivity contribution < 1.29 is 13.2 Å². The Labute approximate surface area is 127 Å². The molecule has 1 aromatic heterocycles. The van der Waals surface area contributed by atoms with Gasteiger partial charge in [0, 0.05) is 21.5 Å². The molecule has 3 nitrogen and oxygen atoms in total. The molecule has 2 aromatic rings. The van der Waals surface area contributed by atoms with Gasteiger partial charge in [-0.3, -0.25) is 0 Å². The zero-order valence-electron chi connectivity index (χ0n) is 10.7. The van der Waals surface area contributed by atoms with Crippen LogP contribution in [0.25, 0.3) is 0 Å². The molecule has 0 bridgehead atoms. The number of thiophene rings is 1. The molecule has 20 heavy (non-hydrogen) atoms. The zero-order valence-corrected chi connectivity index (χ0v) is 13.1. The van der Waals surface area contributed by atoms with Crippen LogP contribution in [0.3, 0.4) is 0 Å².